The maximum absolute atomic E-state index is 2.50. The van der Waals surface area contributed by atoms with Crippen molar-refractivity contribution in [1.82, 2.24) is 0 Å². The van der Waals surface area contributed by atoms with Crippen LogP contribution in [-0.2, 0) is 0 Å². The molecule has 0 saturated carbocycles. The van der Waals surface area contributed by atoms with Crippen LogP contribution in [0, 0.1) is 0 Å². The summed E-state index contributed by atoms with van der Waals surface area (Å²) >= 11 is 0. The molecule has 0 radical (unpaired) electrons. The van der Waals surface area contributed by atoms with E-state index in [0.717, 1.165) is 22.7 Å². The van der Waals surface area contributed by atoms with Crippen LogP contribution in [0.15, 0.2) is 194 Å². The van der Waals surface area contributed by atoms with E-state index in [9.17, 15) is 0 Å². The lowest BCUT2D eigenvalue weighted by Gasteiger charge is -2.32. The largest absolute Gasteiger partial charge is 0.310 e. The van der Waals surface area contributed by atoms with Crippen LogP contribution >= 0.6 is 0 Å². The third-order valence-electron chi connectivity index (χ3n) is 13.7. The molecule has 2 nitrogen and oxygen atoms in total. The molecule has 0 atom stereocenters. The van der Waals surface area contributed by atoms with Crippen molar-refractivity contribution in [3.63, 3.8) is 0 Å². The molecule has 0 unspecified atom stereocenters. The van der Waals surface area contributed by atoms with Crippen molar-refractivity contribution < 1.29 is 0 Å². The Kier molecular flexibility index (Phi) is 11.5. The molecule has 10 aromatic carbocycles. The molecule has 2 heteroatoms. The van der Waals surface area contributed by atoms with E-state index in [4.69, 9.17) is 0 Å². The topological polar surface area (TPSA) is 6.48 Å². The molecule has 0 fully saturated rings. The molecule has 0 aliphatic rings. The summed E-state index contributed by atoms with van der Waals surface area (Å²) in [5.41, 5.74) is 17.2. The minimum absolute atomic E-state index is 0.294. The number of hydrogen-bond donors (Lipinski definition) is 0. The molecule has 0 aliphatic carbocycles. The van der Waals surface area contributed by atoms with Gasteiger partial charge in [0.15, 0.2) is 0 Å². The Morgan fingerprint density at radius 2 is 0.561 bits per heavy atom. The molecule has 326 valence electrons. The van der Waals surface area contributed by atoms with Gasteiger partial charge in [0.2, 0.25) is 0 Å². The molecule has 66 heavy (non-hydrogen) atoms. The quantitative estimate of drug-likeness (QED) is 0.113. The monoisotopic (exact) mass is 856 g/mol. The molecular weight excluding hydrogens is 797 g/mol. The van der Waals surface area contributed by atoms with Gasteiger partial charge in [0.05, 0.1) is 11.4 Å². The molecule has 0 heterocycles. The van der Waals surface area contributed by atoms with E-state index < -0.39 is 0 Å². The Morgan fingerprint density at radius 3 is 0.864 bits per heavy atom. The van der Waals surface area contributed by atoms with Crippen LogP contribution in [0.3, 0.4) is 0 Å². The fourth-order valence-corrected chi connectivity index (χ4v) is 10.1. The molecule has 0 N–H and O–H groups in total. The Hall–Kier alpha value is -7.16. The zero-order valence-electron chi connectivity index (χ0n) is 39.7. The van der Waals surface area contributed by atoms with Crippen molar-refractivity contribution >= 4 is 66.4 Å². The first-order chi connectivity index (χ1) is 32.0. The van der Waals surface area contributed by atoms with Crippen LogP contribution in [0.1, 0.15) is 101 Å². The maximum atomic E-state index is 2.50. The summed E-state index contributed by atoms with van der Waals surface area (Å²) in [4.78, 5) is 5.00. The van der Waals surface area contributed by atoms with Gasteiger partial charge >= 0.3 is 0 Å². The first-order valence-electron chi connectivity index (χ1n) is 23.9. The predicted octanol–water partition coefficient (Wildman–Crippen LogP) is 19.4. The first kappa shape index (κ1) is 42.8. The van der Waals surface area contributed by atoms with E-state index in [0.29, 0.717) is 23.7 Å². The van der Waals surface area contributed by atoms with Crippen molar-refractivity contribution in [2.75, 3.05) is 9.80 Å². The average Bonchev–Trinajstić information content (AvgIpc) is 3.35. The van der Waals surface area contributed by atoms with Crippen LogP contribution in [0.5, 0.6) is 0 Å². The Morgan fingerprint density at radius 1 is 0.273 bits per heavy atom. The number of rotatable bonds is 12. The number of nitrogens with zero attached hydrogens (tertiary/aromatic N) is 2. The highest BCUT2D eigenvalue weighted by atomic mass is 15.1. The smallest absolute Gasteiger partial charge is 0.0543 e. The lowest BCUT2D eigenvalue weighted by atomic mass is 9.84. The van der Waals surface area contributed by atoms with Crippen molar-refractivity contribution in [2.24, 2.45) is 0 Å². The van der Waals surface area contributed by atoms with Gasteiger partial charge in [0, 0.05) is 33.5 Å². The van der Waals surface area contributed by atoms with Gasteiger partial charge in [-0.3, -0.25) is 0 Å². The Labute approximate surface area is 392 Å². The van der Waals surface area contributed by atoms with Crippen LogP contribution in [-0.4, -0.2) is 0 Å². The zero-order valence-corrected chi connectivity index (χ0v) is 39.7. The molecule has 10 aromatic rings. The highest BCUT2D eigenvalue weighted by Gasteiger charge is 2.26. The van der Waals surface area contributed by atoms with Gasteiger partial charge in [-0.2, -0.15) is 0 Å². The fraction of sp³-hybridized carbons (Fsp3) is 0.188. The van der Waals surface area contributed by atoms with E-state index in [1.165, 1.54) is 88.2 Å². The minimum Gasteiger partial charge on any atom is -0.310 e. The standard InChI is InChI=1S/C64H60N2/c1-41(2)45-19-27-51(28-20-45)65(53-31-23-49(24-32-53)47-15-11-9-12-16-47)61-39-59(43(5)6)55-36-38-58-62(40-60(44(7)8)56-35-37-57(61)63(55)64(56)58)66(52-29-21-46(22-30-52)42(3)4)54-33-25-50(26-34-54)48-17-13-10-14-18-48/h9-44H,1-8H3. The van der Waals surface area contributed by atoms with Crippen LogP contribution in [0.2, 0.25) is 0 Å². The van der Waals surface area contributed by atoms with Crippen molar-refractivity contribution in [2.45, 2.75) is 79.1 Å². The molecule has 10 rings (SSSR count). The predicted molar refractivity (Wildman–Crippen MR) is 287 cm³/mol. The fourth-order valence-electron chi connectivity index (χ4n) is 10.1. The average molecular weight is 857 g/mol. The summed E-state index contributed by atoms with van der Waals surface area (Å²) in [6.07, 6.45) is 0. The normalized spacial score (nSPS) is 11.9. The second-order valence-corrected chi connectivity index (χ2v) is 19.3. The molecule has 0 aliphatic heterocycles. The zero-order chi connectivity index (χ0) is 45.6. The third-order valence-corrected chi connectivity index (χ3v) is 13.7. The van der Waals surface area contributed by atoms with Crippen molar-refractivity contribution in [3.05, 3.63) is 216 Å². The van der Waals surface area contributed by atoms with Gasteiger partial charge in [-0.05, 0) is 150 Å². The minimum atomic E-state index is 0.294. The summed E-state index contributed by atoms with van der Waals surface area (Å²) in [7, 11) is 0. The van der Waals surface area contributed by atoms with Crippen LogP contribution in [0.4, 0.5) is 34.1 Å². The summed E-state index contributed by atoms with van der Waals surface area (Å²) in [6.45, 7) is 18.5. The number of hydrogen-bond acceptors (Lipinski definition) is 2. The SMILES string of the molecule is CC(C)c1ccc(N(c2ccc(-c3ccccc3)cc2)c2cc(C(C)C)c3ccc4c(N(c5ccc(-c6ccccc6)cc5)c5ccc(C(C)C)cc5)cc(C(C)C)c5ccc2c3c54)cc1. The Bertz CT molecular complexity index is 3030. The molecule has 0 aromatic heterocycles. The second-order valence-electron chi connectivity index (χ2n) is 19.3. The van der Waals surface area contributed by atoms with Gasteiger partial charge in [0.25, 0.3) is 0 Å². The first-order valence-corrected chi connectivity index (χ1v) is 23.9. The second kappa shape index (κ2) is 17.7. The molecule has 0 saturated heterocycles. The van der Waals surface area contributed by atoms with Gasteiger partial charge in [-0.1, -0.05) is 189 Å². The van der Waals surface area contributed by atoms with E-state index in [1.807, 2.05) is 0 Å². The molecular formula is C64H60N2. The summed E-state index contributed by atoms with van der Waals surface area (Å²) < 4.78 is 0. The van der Waals surface area contributed by atoms with Gasteiger partial charge < -0.3 is 9.80 Å². The van der Waals surface area contributed by atoms with Crippen molar-refractivity contribution in [3.8, 4) is 22.3 Å². The van der Waals surface area contributed by atoms with Gasteiger partial charge in [-0.25, -0.2) is 0 Å². The van der Waals surface area contributed by atoms with E-state index >= 15 is 0 Å². The van der Waals surface area contributed by atoms with Gasteiger partial charge in [0.1, 0.15) is 0 Å². The summed E-state index contributed by atoms with van der Waals surface area (Å²) in [6, 6.07) is 72.7. The summed E-state index contributed by atoms with van der Waals surface area (Å²) in [5, 5.41) is 7.80. The highest BCUT2D eigenvalue weighted by molar-refractivity contribution is 6.29. The van der Waals surface area contributed by atoms with Gasteiger partial charge in [-0.15, -0.1) is 0 Å². The number of anilines is 6. The van der Waals surface area contributed by atoms with Crippen LogP contribution < -0.4 is 9.80 Å². The number of benzene rings is 10. The van der Waals surface area contributed by atoms with Crippen molar-refractivity contribution in [1.29, 1.82) is 0 Å². The van der Waals surface area contributed by atoms with E-state index in [-0.39, 0.29) is 0 Å². The van der Waals surface area contributed by atoms with E-state index in [2.05, 4.69) is 259 Å². The molecule has 0 amide bonds. The Balaban J connectivity index is 1.25. The molecule has 0 bridgehead atoms. The maximum Gasteiger partial charge on any atom is 0.0543 e. The van der Waals surface area contributed by atoms with Crippen LogP contribution in [0.25, 0.3) is 54.6 Å². The lowest BCUT2D eigenvalue weighted by molar-refractivity contribution is 0.866. The third kappa shape index (κ3) is 7.79. The highest BCUT2D eigenvalue weighted by Crippen LogP contribution is 2.51. The lowest BCUT2D eigenvalue weighted by Crippen LogP contribution is -2.13. The molecule has 0 spiro atoms. The summed E-state index contributed by atoms with van der Waals surface area (Å²) in [5.74, 6) is 1.47. The van der Waals surface area contributed by atoms with E-state index in [1.54, 1.807) is 0 Å².